The Balaban J connectivity index is 1.24. The Morgan fingerprint density at radius 1 is 1.12 bits per heavy atom. The van der Waals surface area contributed by atoms with Gasteiger partial charge in [-0.25, -0.2) is 9.37 Å². The van der Waals surface area contributed by atoms with Crippen LogP contribution in [-0.2, 0) is 24.6 Å². The van der Waals surface area contributed by atoms with Gasteiger partial charge in [-0.3, -0.25) is 19.1 Å². The molecule has 2 fully saturated rings. The van der Waals surface area contributed by atoms with E-state index in [2.05, 4.69) is 20.7 Å². The molecular formula is C27H29ClF4N8O3. The molecule has 2 aliphatic heterocycles. The van der Waals surface area contributed by atoms with E-state index in [4.69, 9.17) is 11.6 Å². The van der Waals surface area contributed by atoms with E-state index in [1.165, 1.54) is 29.8 Å². The van der Waals surface area contributed by atoms with Crippen molar-refractivity contribution in [2.75, 3.05) is 51.3 Å². The Kier molecular flexibility index (Phi) is 8.74. The van der Waals surface area contributed by atoms with E-state index >= 15 is 0 Å². The monoisotopic (exact) mass is 624 g/mol. The summed E-state index contributed by atoms with van der Waals surface area (Å²) < 4.78 is 55.5. The first kappa shape index (κ1) is 30.5. The smallest absolute Gasteiger partial charge is 0.339 e. The van der Waals surface area contributed by atoms with Crippen molar-refractivity contribution in [3.05, 3.63) is 52.7 Å². The van der Waals surface area contributed by atoms with Crippen LogP contribution in [0, 0.1) is 5.92 Å². The van der Waals surface area contributed by atoms with Crippen molar-refractivity contribution >= 4 is 35.0 Å². The number of nitrogens with one attached hydrogen (secondary N) is 2. The van der Waals surface area contributed by atoms with Crippen molar-refractivity contribution in [2.45, 2.75) is 19.1 Å². The highest BCUT2D eigenvalue weighted by molar-refractivity contribution is 6.34. The van der Waals surface area contributed by atoms with E-state index in [0.717, 1.165) is 30.2 Å². The quantitative estimate of drug-likeness (QED) is 0.372. The van der Waals surface area contributed by atoms with Crippen molar-refractivity contribution < 1.29 is 31.9 Å². The molecule has 230 valence electrons. The highest BCUT2D eigenvalue weighted by atomic mass is 35.5. The van der Waals surface area contributed by atoms with Gasteiger partial charge in [0.25, 0.3) is 11.8 Å². The highest BCUT2D eigenvalue weighted by Gasteiger charge is 2.38. The molecule has 0 radical (unpaired) electrons. The number of hydrogen-bond acceptors (Lipinski definition) is 6. The fourth-order valence-electron chi connectivity index (χ4n) is 5.04. The molecule has 3 amide bonds. The third kappa shape index (κ3) is 6.51. The Hall–Kier alpha value is -3.98. The Labute approximate surface area is 248 Å². The number of hydrogen-bond donors (Lipinski definition) is 2. The fraction of sp³-hybridized carbons (Fsp3) is 0.444. The normalized spacial score (nSPS) is 15.9. The second-order valence-electron chi connectivity index (χ2n) is 10.4. The zero-order valence-corrected chi connectivity index (χ0v) is 23.9. The molecule has 5 rings (SSSR count). The number of rotatable bonds is 8. The van der Waals surface area contributed by atoms with E-state index < -0.39 is 24.5 Å². The lowest BCUT2D eigenvalue weighted by molar-refractivity contribution is -0.141. The summed E-state index contributed by atoms with van der Waals surface area (Å²) in [7, 11) is 1.37. The second-order valence-corrected chi connectivity index (χ2v) is 10.8. The van der Waals surface area contributed by atoms with Crippen LogP contribution in [0.1, 0.15) is 33.1 Å². The SMILES string of the molecule is Cn1c(-c2cn(CCF)nc2C(F)(F)F)cnc1C(=O)Nc1ccc(C(=O)N2CCN(C(=O)CC3CNC3)CC2)c(Cl)c1. The molecule has 0 saturated carbocycles. The van der Waals surface area contributed by atoms with Gasteiger partial charge in [-0.1, -0.05) is 11.6 Å². The summed E-state index contributed by atoms with van der Waals surface area (Å²) in [6, 6.07) is 4.35. The highest BCUT2D eigenvalue weighted by Crippen LogP contribution is 2.36. The van der Waals surface area contributed by atoms with Crippen molar-refractivity contribution in [2.24, 2.45) is 13.0 Å². The summed E-state index contributed by atoms with van der Waals surface area (Å²) in [5.41, 5.74) is -1.14. The third-order valence-corrected chi connectivity index (χ3v) is 7.83. The molecule has 0 aliphatic carbocycles. The van der Waals surface area contributed by atoms with Crippen molar-refractivity contribution in [3.63, 3.8) is 0 Å². The first-order valence-electron chi connectivity index (χ1n) is 13.6. The number of anilines is 1. The van der Waals surface area contributed by atoms with Gasteiger partial charge in [0.1, 0.15) is 6.67 Å². The lowest BCUT2D eigenvalue weighted by Gasteiger charge is -2.36. The topological polar surface area (TPSA) is 117 Å². The van der Waals surface area contributed by atoms with Crippen LogP contribution >= 0.6 is 11.6 Å². The standard InChI is InChI=1S/C27H29ClF4N8O3/c1-37-21(19-15-40(5-4-29)36-23(19)27(30,31)32)14-34-24(37)25(42)35-17-2-3-18(20(28)11-17)26(43)39-8-6-38(7-9-39)22(41)10-16-12-33-13-16/h2-3,11,14-16,33H,4-10,12-13H2,1H3,(H,35,42). The maximum Gasteiger partial charge on any atom is 0.435 e. The predicted octanol–water partition coefficient (Wildman–Crippen LogP) is 3.07. The minimum absolute atomic E-state index is 0.0385. The van der Waals surface area contributed by atoms with Gasteiger partial charge < -0.3 is 25.0 Å². The fourth-order valence-corrected chi connectivity index (χ4v) is 5.30. The summed E-state index contributed by atoms with van der Waals surface area (Å²) in [6.07, 6.45) is -2.15. The van der Waals surface area contributed by atoms with Gasteiger partial charge in [-0.05, 0) is 37.2 Å². The molecule has 43 heavy (non-hydrogen) atoms. The van der Waals surface area contributed by atoms with Gasteiger partial charge in [0.2, 0.25) is 5.91 Å². The summed E-state index contributed by atoms with van der Waals surface area (Å²) >= 11 is 6.40. The van der Waals surface area contributed by atoms with Gasteiger partial charge in [-0.2, -0.15) is 18.3 Å². The molecule has 2 N–H and O–H groups in total. The Morgan fingerprint density at radius 2 is 1.81 bits per heavy atom. The van der Waals surface area contributed by atoms with Crippen LogP contribution in [-0.4, -0.2) is 92.8 Å². The molecule has 3 aromatic rings. The van der Waals surface area contributed by atoms with Crippen LogP contribution in [0.2, 0.25) is 5.02 Å². The summed E-state index contributed by atoms with van der Waals surface area (Å²) in [5, 5.41) is 9.28. The number of alkyl halides is 4. The number of amides is 3. The molecule has 2 aliphatic rings. The van der Waals surface area contributed by atoms with Crippen LogP contribution in [0.15, 0.2) is 30.6 Å². The number of piperazine rings is 1. The first-order valence-corrected chi connectivity index (χ1v) is 14.0. The van der Waals surface area contributed by atoms with E-state index in [1.807, 2.05) is 0 Å². The van der Waals surface area contributed by atoms with Gasteiger partial charge in [-0.15, -0.1) is 0 Å². The molecule has 0 unspecified atom stereocenters. The average molecular weight is 625 g/mol. The van der Waals surface area contributed by atoms with Crippen molar-refractivity contribution in [1.29, 1.82) is 0 Å². The molecule has 1 aromatic carbocycles. The number of imidazole rings is 1. The maximum absolute atomic E-state index is 13.6. The van der Waals surface area contributed by atoms with Gasteiger partial charge in [0.15, 0.2) is 11.5 Å². The molecule has 11 nitrogen and oxygen atoms in total. The molecule has 4 heterocycles. The zero-order chi connectivity index (χ0) is 30.9. The first-order chi connectivity index (χ1) is 20.5. The Bertz CT molecular complexity index is 1530. The van der Waals surface area contributed by atoms with E-state index in [0.29, 0.717) is 38.5 Å². The number of halogens is 5. The zero-order valence-electron chi connectivity index (χ0n) is 23.1. The molecular weight excluding hydrogens is 596 g/mol. The number of benzene rings is 1. The largest absolute Gasteiger partial charge is 0.435 e. The summed E-state index contributed by atoms with van der Waals surface area (Å²) in [4.78, 5) is 46.0. The van der Waals surface area contributed by atoms with Crippen molar-refractivity contribution in [1.82, 2.24) is 34.4 Å². The average Bonchev–Trinajstić information content (AvgIpc) is 3.54. The second kappa shape index (κ2) is 12.3. The van der Waals surface area contributed by atoms with Gasteiger partial charge >= 0.3 is 6.18 Å². The maximum atomic E-state index is 13.6. The van der Waals surface area contributed by atoms with Crippen LogP contribution in [0.3, 0.4) is 0 Å². The third-order valence-electron chi connectivity index (χ3n) is 7.52. The minimum atomic E-state index is -4.81. The number of carbonyl (C=O) groups excluding carboxylic acids is 3. The lowest BCUT2D eigenvalue weighted by atomic mass is 9.98. The summed E-state index contributed by atoms with van der Waals surface area (Å²) in [5.74, 6) is -0.777. The van der Waals surface area contributed by atoms with E-state index in [-0.39, 0.29) is 51.7 Å². The van der Waals surface area contributed by atoms with Crippen LogP contribution < -0.4 is 10.6 Å². The number of aromatic nitrogens is 4. The molecule has 2 aromatic heterocycles. The molecule has 2 saturated heterocycles. The molecule has 0 bridgehead atoms. The molecule has 16 heteroatoms. The van der Waals surface area contributed by atoms with Crippen molar-refractivity contribution in [3.8, 4) is 11.3 Å². The van der Waals surface area contributed by atoms with Crippen LogP contribution in [0.4, 0.5) is 23.2 Å². The van der Waals surface area contributed by atoms with Crippen LogP contribution in [0.5, 0.6) is 0 Å². The molecule has 0 spiro atoms. The predicted molar refractivity (Wildman–Crippen MR) is 148 cm³/mol. The van der Waals surface area contributed by atoms with Crippen LogP contribution in [0.25, 0.3) is 11.3 Å². The Morgan fingerprint density at radius 3 is 2.42 bits per heavy atom. The lowest BCUT2D eigenvalue weighted by Crippen LogP contribution is -2.52. The molecule has 0 atom stereocenters. The minimum Gasteiger partial charge on any atom is -0.339 e. The summed E-state index contributed by atoms with van der Waals surface area (Å²) in [6.45, 7) is 2.04. The van der Waals surface area contributed by atoms with Gasteiger partial charge in [0.05, 0.1) is 34.6 Å². The number of aryl methyl sites for hydroxylation is 1. The number of nitrogens with zero attached hydrogens (tertiary/aromatic N) is 6. The van der Waals surface area contributed by atoms with Gasteiger partial charge in [0, 0.05) is 51.5 Å². The van der Waals surface area contributed by atoms with E-state index in [1.54, 1.807) is 9.80 Å². The number of carbonyl (C=O) groups is 3. The van der Waals surface area contributed by atoms with E-state index in [9.17, 15) is 31.9 Å².